The molecule has 0 radical (unpaired) electrons. The van der Waals surface area contributed by atoms with Crippen molar-refractivity contribution in [1.82, 2.24) is 14.9 Å². The van der Waals surface area contributed by atoms with Crippen LogP contribution in [0.3, 0.4) is 0 Å². The van der Waals surface area contributed by atoms with E-state index in [1.54, 1.807) is 0 Å². The first-order chi connectivity index (χ1) is 13.9. The van der Waals surface area contributed by atoms with Crippen LogP contribution in [0.1, 0.15) is 62.1 Å². The summed E-state index contributed by atoms with van der Waals surface area (Å²) < 4.78 is 2.11. The Morgan fingerprint density at radius 2 is 1.90 bits per heavy atom. The van der Waals surface area contributed by atoms with Gasteiger partial charge in [0.2, 0.25) is 0 Å². The normalized spacial score (nSPS) is 14.1. The molecule has 2 aromatic carbocycles. The highest BCUT2D eigenvalue weighted by atomic mass is 35.5. The zero-order valence-corrected chi connectivity index (χ0v) is 17.8. The topological polar surface area (TPSA) is 46.9 Å². The molecule has 5 heteroatoms. The third-order valence-electron chi connectivity index (χ3n) is 5.58. The summed E-state index contributed by atoms with van der Waals surface area (Å²) >= 11 is 6.07. The van der Waals surface area contributed by atoms with E-state index in [1.807, 2.05) is 62.6 Å². The van der Waals surface area contributed by atoms with Crippen LogP contribution in [0, 0.1) is 0 Å². The summed E-state index contributed by atoms with van der Waals surface area (Å²) in [6, 6.07) is 13.7. The maximum atomic E-state index is 13.1. The average molecular weight is 408 g/mol. The van der Waals surface area contributed by atoms with Gasteiger partial charge in [-0.1, -0.05) is 30.7 Å². The van der Waals surface area contributed by atoms with Crippen LogP contribution in [-0.2, 0) is 0 Å². The zero-order chi connectivity index (χ0) is 20.6. The van der Waals surface area contributed by atoms with Gasteiger partial charge in [-0.15, -0.1) is 0 Å². The lowest BCUT2D eigenvalue weighted by Crippen LogP contribution is -2.42. The van der Waals surface area contributed by atoms with Gasteiger partial charge in [0.25, 0.3) is 5.91 Å². The second-order valence-electron chi connectivity index (χ2n) is 8.40. The Morgan fingerprint density at radius 1 is 1.17 bits per heavy atom. The number of carbonyl (C=O) groups is 1. The van der Waals surface area contributed by atoms with Crippen molar-refractivity contribution in [2.24, 2.45) is 0 Å². The van der Waals surface area contributed by atoms with Gasteiger partial charge in [0.1, 0.15) is 5.82 Å². The number of aromatic nitrogens is 2. The molecule has 0 spiro atoms. The van der Waals surface area contributed by atoms with E-state index in [0.29, 0.717) is 16.5 Å². The first kappa shape index (κ1) is 19.7. The fourth-order valence-corrected chi connectivity index (χ4v) is 3.46. The van der Waals surface area contributed by atoms with Crippen molar-refractivity contribution in [2.75, 3.05) is 0 Å². The quantitative estimate of drug-likeness (QED) is 0.545. The standard InChI is InChI=1S/C24H26ClN3O/c1-4-24(2,3)27-23(29)19-13-18(16-7-9-20(25)10-8-16)14-21(15-19)28-12-11-26-22(28)17-5-6-17/h7-15,17H,4-6H2,1-3H3,(H,27,29). The van der Waals surface area contributed by atoms with Crippen molar-refractivity contribution in [2.45, 2.75) is 51.5 Å². The number of amides is 1. The molecule has 1 heterocycles. The Kier molecular flexibility index (Phi) is 5.22. The molecule has 29 heavy (non-hydrogen) atoms. The van der Waals surface area contributed by atoms with Crippen molar-refractivity contribution in [3.8, 4) is 16.8 Å². The van der Waals surface area contributed by atoms with Crippen LogP contribution < -0.4 is 5.32 Å². The predicted octanol–water partition coefficient (Wildman–Crippen LogP) is 5.99. The molecule has 3 aromatic rings. The van der Waals surface area contributed by atoms with Crippen molar-refractivity contribution in [3.63, 3.8) is 0 Å². The van der Waals surface area contributed by atoms with Gasteiger partial charge in [-0.2, -0.15) is 0 Å². The van der Waals surface area contributed by atoms with Crippen LogP contribution in [0.5, 0.6) is 0 Å². The van der Waals surface area contributed by atoms with Gasteiger partial charge in [-0.3, -0.25) is 4.79 Å². The Labute approximate surface area is 176 Å². The number of halogens is 1. The van der Waals surface area contributed by atoms with E-state index in [-0.39, 0.29) is 11.4 Å². The Hall–Kier alpha value is -2.59. The lowest BCUT2D eigenvalue weighted by atomic mass is 9.99. The number of nitrogens with one attached hydrogen (secondary N) is 1. The molecule has 0 unspecified atom stereocenters. The van der Waals surface area contributed by atoms with Crippen LogP contribution in [-0.4, -0.2) is 21.0 Å². The predicted molar refractivity (Wildman–Crippen MR) is 118 cm³/mol. The lowest BCUT2D eigenvalue weighted by Gasteiger charge is -2.25. The highest BCUT2D eigenvalue weighted by Gasteiger charge is 2.28. The molecule has 0 bridgehead atoms. The third-order valence-corrected chi connectivity index (χ3v) is 5.84. The molecular weight excluding hydrogens is 382 g/mol. The number of hydrogen-bond acceptors (Lipinski definition) is 2. The number of hydrogen-bond donors (Lipinski definition) is 1. The molecule has 0 saturated heterocycles. The summed E-state index contributed by atoms with van der Waals surface area (Å²) in [6.45, 7) is 6.15. The van der Waals surface area contributed by atoms with E-state index >= 15 is 0 Å². The monoisotopic (exact) mass is 407 g/mol. The van der Waals surface area contributed by atoms with Crippen LogP contribution in [0.15, 0.2) is 54.9 Å². The van der Waals surface area contributed by atoms with Crippen LogP contribution >= 0.6 is 11.6 Å². The molecule has 1 aliphatic carbocycles. The van der Waals surface area contributed by atoms with Crippen LogP contribution in [0.4, 0.5) is 0 Å². The molecular formula is C24H26ClN3O. The van der Waals surface area contributed by atoms with Crippen LogP contribution in [0.25, 0.3) is 16.8 Å². The number of nitrogens with zero attached hydrogens (tertiary/aromatic N) is 2. The van der Waals surface area contributed by atoms with Crippen LogP contribution in [0.2, 0.25) is 5.02 Å². The molecule has 0 aliphatic heterocycles. The summed E-state index contributed by atoms with van der Waals surface area (Å²) in [4.78, 5) is 17.6. The maximum absolute atomic E-state index is 13.1. The smallest absolute Gasteiger partial charge is 0.251 e. The number of benzene rings is 2. The molecule has 0 atom stereocenters. The molecule has 1 saturated carbocycles. The van der Waals surface area contributed by atoms with Gasteiger partial charge >= 0.3 is 0 Å². The molecule has 1 fully saturated rings. The molecule has 1 N–H and O–H groups in total. The molecule has 150 valence electrons. The van der Waals surface area contributed by atoms with E-state index in [2.05, 4.69) is 27.9 Å². The number of rotatable bonds is 6. The fourth-order valence-electron chi connectivity index (χ4n) is 3.34. The van der Waals surface area contributed by atoms with Crippen molar-refractivity contribution >= 4 is 17.5 Å². The van der Waals surface area contributed by atoms with Crippen molar-refractivity contribution in [1.29, 1.82) is 0 Å². The number of imidazole rings is 1. The Balaban J connectivity index is 1.80. The molecule has 4 rings (SSSR count). The fraction of sp³-hybridized carbons (Fsp3) is 0.333. The minimum absolute atomic E-state index is 0.0676. The molecule has 1 aliphatic rings. The number of carbonyl (C=O) groups excluding carboxylic acids is 1. The SMILES string of the molecule is CCC(C)(C)NC(=O)c1cc(-c2ccc(Cl)cc2)cc(-n2ccnc2C2CC2)c1. The van der Waals surface area contributed by atoms with Crippen molar-refractivity contribution in [3.05, 3.63) is 71.3 Å². The minimum atomic E-state index is -0.262. The van der Waals surface area contributed by atoms with E-state index in [9.17, 15) is 4.79 Å². The van der Waals surface area contributed by atoms with Gasteiger partial charge in [0.05, 0.1) is 0 Å². The molecule has 1 amide bonds. The Bertz CT molecular complexity index is 1030. The second-order valence-corrected chi connectivity index (χ2v) is 8.83. The average Bonchev–Trinajstić information content (AvgIpc) is 3.44. The molecule has 4 nitrogen and oxygen atoms in total. The first-order valence-electron chi connectivity index (χ1n) is 10.1. The van der Waals surface area contributed by atoms with E-state index in [0.717, 1.165) is 29.1 Å². The second kappa shape index (κ2) is 7.68. The van der Waals surface area contributed by atoms with Gasteiger partial charge in [0.15, 0.2) is 0 Å². The highest BCUT2D eigenvalue weighted by molar-refractivity contribution is 6.30. The summed E-state index contributed by atoms with van der Waals surface area (Å²) in [7, 11) is 0. The van der Waals surface area contributed by atoms with Gasteiger partial charge in [0, 0.05) is 40.1 Å². The van der Waals surface area contributed by atoms with Gasteiger partial charge < -0.3 is 9.88 Å². The third kappa shape index (κ3) is 4.38. The molecule has 1 aromatic heterocycles. The van der Waals surface area contributed by atoms with Crippen molar-refractivity contribution < 1.29 is 4.79 Å². The van der Waals surface area contributed by atoms with E-state index in [1.165, 1.54) is 12.8 Å². The first-order valence-corrected chi connectivity index (χ1v) is 10.5. The van der Waals surface area contributed by atoms with E-state index in [4.69, 9.17) is 11.6 Å². The summed E-state index contributed by atoms with van der Waals surface area (Å²) in [6.07, 6.45) is 7.02. The van der Waals surface area contributed by atoms with Gasteiger partial charge in [-0.05, 0) is 74.6 Å². The largest absolute Gasteiger partial charge is 0.347 e. The summed E-state index contributed by atoms with van der Waals surface area (Å²) in [5.74, 6) is 1.51. The van der Waals surface area contributed by atoms with E-state index < -0.39 is 0 Å². The highest BCUT2D eigenvalue weighted by Crippen LogP contribution is 2.40. The summed E-state index contributed by atoms with van der Waals surface area (Å²) in [5, 5.41) is 3.84. The lowest BCUT2D eigenvalue weighted by molar-refractivity contribution is 0.0911. The minimum Gasteiger partial charge on any atom is -0.347 e. The zero-order valence-electron chi connectivity index (χ0n) is 17.1. The summed E-state index contributed by atoms with van der Waals surface area (Å²) in [5.41, 5.74) is 3.34. The Morgan fingerprint density at radius 3 is 2.55 bits per heavy atom. The maximum Gasteiger partial charge on any atom is 0.251 e. The van der Waals surface area contributed by atoms with Gasteiger partial charge in [-0.25, -0.2) is 4.98 Å².